The van der Waals surface area contributed by atoms with E-state index in [1.807, 2.05) is 32.0 Å². The number of carbonyl (C=O) groups is 1. The van der Waals surface area contributed by atoms with E-state index in [0.29, 0.717) is 5.92 Å². The van der Waals surface area contributed by atoms with Crippen molar-refractivity contribution in [3.05, 3.63) is 35.9 Å². The van der Waals surface area contributed by atoms with Crippen LogP contribution in [0.1, 0.15) is 31.7 Å². The van der Waals surface area contributed by atoms with E-state index in [-0.39, 0.29) is 24.3 Å². The molecule has 21 heavy (non-hydrogen) atoms. The molecule has 3 rings (SSSR count). The zero-order valence-corrected chi connectivity index (χ0v) is 13.0. The number of nitrogens with zero attached hydrogens (tertiary/aromatic N) is 1. The van der Waals surface area contributed by atoms with E-state index in [9.17, 15) is 13.2 Å². The van der Waals surface area contributed by atoms with Gasteiger partial charge in [-0.2, -0.15) is 13.1 Å². The Morgan fingerprint density at radius 1 is 1.29 bits per heavy atom. The molecule has 1 saturated heterocycles. The molecule has 2 fully saturated rings. The van der Waals surface area contributed by atoms with E-state index in [1.165, 1.54) is 5.56 Å². The molecule has 0 radical (unpaired) electrons. The first-order chi connectivity index (χ1) is 9.90. The van der Waals surface area contributed by atoms with Gasteiger partial charge < -0.3 is 0 Å². The van der Waals surface area contributed by atoms with Crippen LogP contribution in [0.5, 0.6) is 0 Å². The van der Waals surface area contributed by atoms with Crippen molar-refractivity contribution in [1.82, 2.24) is 9.03 Å². The number of hydrogen-bond donors (Lipinski definition) is 1. The fraction of sp³-hybridized carbons (Fsp3) is 0.533. The molecule has 6 heteroatoms. The van der Waals surface area contributed by atoms with Gasteiger partial charge in [0.25, 0.3) is 5.91 Å². The topological polar surface area (TPSA) is 66.5 Å². The molecule has 0 aromatic heterocycles. The quantitative estimate of drug-likeness (QED) is 0.916. The number of amides is 1. The molecule has 2 aliphatic rings. The van der Waals surface area contributed by atoms with E-state index >= 15 is 0 Å². The molecule has 1 aliphatic carbocycles. The lowest BCUT2D eigenvalue weighted by Crippen LogP contribution is -2.35. The highest BCUT2D eigenvalue weighted by molar-refractivity contribution is 7.88. The third kappa shape index (κ3) is 2.70. The number of benzene rings is 1. The maximum Gasteiger partial charge on any atom is 0.304 e. The minimum atomic E-state index is -3.66. The molecule has 1 aromatic rings. The fourth-order valence-electron chi connectivity index (χ4n) is 2.93. The van der Waals surface area contributed by atoms with Crippen LogP contribution in [0.15, 0.2) is 30.3 Å². The molecule has 114 valence electrons. The van der Waals surface area contributed by atoms with Gasteiger partial charge in [-0.05, 0) is 29.7 Å². The standard InChI is InChI=1S/C15H20N2O3S/c1-10(2)14-15(18)17(21(19,20)16-14)9-12-8-13(12)11-6-4-3-5-7-11/h3-7,10,12-14,16H,8-9H2,1-2H3/t12-,13-,14+/m0/s1. The molecule has 1 heterocycles. The third-order valence-corrected chi connectivity index (χ3v) is 5.76. The molecular formula is C15H20N2O3S. The number of hydrogen-bond acceptors (Lipinski definition) is 3. The van der Waals surface area contributed by atoms with Crippen LogP contribution in [0.2, 0.25) is 0 Å². The molecule has 1 amide bonds. The first-order valence-corrected chi connectivity index (χ1v) is 8.73. The number of nitrogens with one attached hydrogen (secondary N) is 1. The van der Waals surface area contributed by atoms with E-state index in [1.54, 1.807) is 0 Å². The molecule has 0 unspecified atom stereocenters. The molecule has 1 N–H and O–H groups in total. The van der Waals surface area contributed by atoms with Crippen molar-refractivity contribution in [1.29, 1.82) is 0 Å². The number of rotatable bonds is 4. The highest BCUT2D eigenvalue weighted by Gasteiger charge is 2.48. The lowest BCUT2D eigenvalue weighted by Gasteiger charge is -2.14. The van der Waals surface area contributed by atoms with Gasteiger partial charge in [0.1, 0.15) is 6.04 Å². The van der Waals surface area contributed by atoms with Gasteiger partial charge in [-0.15, -0.1) is 0 Å². The van der Waals surface area contributed by atoms with Crippen molar-refractivity contribution in [2.75, 3.05) is 6.54 Å². The summed E-state index contributed by atoms with van der Waals surface area (Å²) in [5.41, 5.74) is 1.22. The number of carbonyl (C=O) groups excluding carboxylic acids is 1. The molecule has 0 bridgehead atoms. The van der Waals surface area contributed by atoms with Crippen LogP contribution in [-0.4, -0.2) is 31.2 Å². The molecule has 5 nitrogen and oxygen atoms in total. The predicted octanol–water partition coefficient (Wildman–Crippen LogP) is 1.49. The van der Waals surface area contributed by atoms with Gasteiger partial charge in [0.15, 0.2) is 0 Å². The Kier molecular flexibility index (Phi) is 3.53. The fourth-order valence-corrected chi connectivity index (χ4v) is 4.49. The Labute approximate surface area is 125 Å². The third-order valence-electron chi connectivity index (χ3n) is 4.30. The summed E-state index contributed by atoms with van der Waals surface area (Å²) in [5, 5.41) is 0. The normalized spacial score (nSPS) is 30.9. The summed E-state index contributed by atoms with van der Waals surface area (Å²) in [4.78, 5) is 12.3. The van der Waals surface area contributed by atoms with Crippen LogP contribution in [0, 0.1) is 11.8 Å². The molecule has 1 saturated carbocycles. The van der Waals surface area contributed by atoms with E-state index in [2.05, 4.69) is 16.9 Å². The Morgan fingerprint density at radius 2 is 1.95 bits per heavy atom. The van der Waals surface area contributed by atoms with E-state index in [0.717, 1.165) is 10.7 Å². The summed E-state index contributed by atoms with van der Waals surface area (Å²) in [6.45, 7) is 3.98. The SMILES string of the molecule is CC(C)[C@H]1NS(=O)(=O)N(C[C@@H]2C[C@H]2c2ccccc2)C1=O. The molecule has 1 aromatic carbocycles. The summed E-state index contributed by atoms with van der Waals surface area (Å²) in [7, 11) is -3.66. The molecule has 1 aliphatic heterocycles. The van der Waals surface area contributed by atoms with Gasteiger partial charge in [-0.1, -0.05) is 44.2 Å². The van der Waals surface area contributed by atoms with Crippen LogP contribution in [0.25, 0.3) is 0 Å². The summed E-state index contributed by atoms with van der Waals surface area (Å²) in [6.07, 6.45) is 0.940. The van der Waals surface area contributed by atoms with Crippen molar-refractivity contribution < 1.29 is 13.2 Å². The van der Waals surface area contributed by atoms with Crippen LogP contribution in [0.3, 0.4) is 0 Å². The Hall–Kier alpha value is -1.40. The predicted molar refractivity (Wildman–Crippen MR) is 79.7 cm³/mol. The second-order valence-corrected chi connectivity index (χ2v) is 7.85. The van der Waals surface area contributed by atoms with Crippen molar-refractivity contribution in [2.24, 2.45) is 11.8 Å². The van der Waals surface area contributed by atoms with Crippen molar-refractivity contribution in [3.8, 4) is 0 Å². The lowest BCUT2D eigenvalue weighted by molar-refractivity contribution is -0.127. The highest BCUT2D eigenvalue weighted by Crippen LogP contribution is 2.48. The van der Waals surface area contributed by atoms with Gasteiger partial charge in [0.2, 0.25) is 0 Å². The largest absolute Gasteiger partial charge is 0.304 e. The Balaban J connectivity index is 1.70. The van der Waals surface area contributed by atoms with Gasteiger partial charge in [0.05, 0.1) is 0 Å². The monoisotopic (exact) mass is 308 g/mol. The van der Waals surface area contributed by atoms with Crippen molar-refractivity contribution in [2.45, 2.75) is 32.2 Å². The summed E-state index contributed by atoms with van der Waals surface area (Å²) < 4.78 is 27.7. The minimum absolute atomic E-state index is 0.0404. The molecular weight excluding hydrogens is 288 g/mol. The summed E-state index contributed by atoms with van der Waals surface area (Å²) in [6, 6.07) is 9.42. The summed E-state index contributed by atoms with van der Waals surface area (Å²) in [5.74, 6) is 0.247. The average molecular weight is 308 g/mol. The summed E-state index contributed by atoms with van der Waals surface area (Å²) >= 11 is 0. The second kappa shape index (κ2) is 5.10. The van der Waals surface area contributed by atoms with Crippen LogP contribution >= 0.6 is 0 Å². The molecule has 3 atom stereocenters. The minimum Gasteiger partial charge on any atom is -0.272 e. The Bertz CT molecular complexity index is 642. The van der Waals surface area contributed by atoms with E-state index in [4.69, 9.17) is 0 Å². The molecule has 0 spiro atoms. The lowest BCUT2D eigenvalue weighted by atomic mass is 10.0. The zero-order chi connectivity index (χ0) is 15.2. The average Bonchev–Trinajstić information content (AvgIpc) is 3.17. The Morgan fingerprint density at radius 3 is 2.52 bits per heavy atom. The highest BCUT2D eigenvalue weighted by atomic mass is 32.2. The van der Waals surface area contributed by atoms with Crippen molar-refractivity contribution in [3.63, 3.8) is 0 Å². The van der Waals surface area contributed by atoms with Gasteiger partial charge in [-0.3, -0.25) is 4.79 Å². The van der Waals surface area contributed by atoms with Crippen LogP contribution in [0.4, 0.5) is 0 Å². The van der Waals surface area contributed by atoms with Gasteiger partial charge >= 0.3 is 10.2 Å². The van der Waals surface area contributed by atoms with Gasteiger partial charge in [-0.25, -0.2) is 4.31 Å². The first-order valence-electron chi connectivity index (χ1n) is 7.29. The van der Waals surface area contributed by atoms with E-state index < -0.39 is 16.3 Å². The van der Waals surface area contributed by atoms with Crippen LogP contribution in [-0.2, 0) is 15.0 Å². The first kappa shape index (κ1) is 14.5. The maximum atomic E-state index is 12.3. The second-order valence-electron chi connectivity index (χ2n) is 6.23. The van der Waals surface area contributed by atoms with Gasteiger partial charge in [0, 0.05) is 6.54 Å². The zero-order valence-electron chi connectivity index (χ0n) is 12.2. The smallest absolute Gasteiger partial charge is 0.272 e. The maximum absolute atomic E-state index is 12.3. The van der Waals surface area contributed by atoms with Crippen LogP contribution < -0.4 is 4.72 Å². The van der Waals surface area contributed by atoms with Crippen molar-refractivity contribution >= 4 is 16.1 Å².